The van der Waals surface area contributed by atoms with E-state index in [2.05, 4.69) is 16.9 Å². The average molecular weight is 434 g/mol. The number of hydrogen-bond donors (Lipinski definition) is 2. The molecule has 2 N–H and O–H groups in total. The fourth-order valence-electron chi connectivity index (χ4n) is 2.78. The summed E-state index contributed by atoms with van der Waals surface area (Å²) < 4.78 is 52.5. The molecule has 8 heteroatoms. The first-order chi connectivity index (χ1) is 14.6. The standard InChI is InChI=1S/C23H22F4N2O2/c1-4-6-7-15(5-2)14(3)29-22(31)18-11-16(20-9-8-19(24)13-28-20)10-17(12-18)21(30)23(25,26)27/h4-14,21,30H,2H2,1,3H3,(H,29,31)/b6-4-,15-7+. The highest BCUT2D eigenvalue weighted by molar-refractivity contribution is 5.96. The van der Waals surface area contributed by atoms with Crippen molar-refractivity contribution in [2.75, 3.05) is 0 Å². The molecule has 1 amide bonds. The number of rotatable bonds is 7. The summed E-state index contributed by atoms with van der Waals surface area (Å²) in [6.45, 7) is 7.21. The molecule has 0 saturated carbocycles. The van der Waals surface area contributed by atoms with E-state index in [1.165, 1.54) is 12.1 Å². The van der Waals surface area contributed by atoms with Gasteiger partial charge in [-0.05, 0) is 55.3 Å². The minimum absolute atomic E-state index is 0.108. The number of hydrogen-bond acceptors (Lipinski definition) is 3. The number of benzene rings is 1. The van der Waals surface area contributed by atoms with Gasteiger partial charge >= 0.3 is 6.18 Å². The molecule has 4 nitrogen and oxygen atoms in total. The lowest BCUT2D eigenvalue weighted by Crippen LogP contribution is -2.33. The van der Waals surface area contributed by atoms with E-state index < -0.39 is 35.6 Å². The van der Waals surface area contributed by atoms with E-state index in [0.29, 0.717) is 5.57 Å². The van der Waals surface area contributed by atoms with Crippen LogP contribution in [0.25, 0.3) is 11.3 Å². The molecule has 1 aromatic heterocycles. The van der Waals surface area contributed by atoms with Crippen molar-refractivity contribution in [3.8, 4) is 11.3 Å². The van der Waals surface area contributed by atoms with Crippen molar-refractivity contribution in [2.45, 2.75) is 32.2 Å². The molecule has 2 rings (SSSR count). The first-order valence-corrected chi connectivity index (χ1v) is 9.34. The van der Waals surface area contributed by atoms with Gasteiger partial charge in [-0.2, -0.15) is 13.2 Å². The quantitative estimate of drug-likeness (QED) is 0.460. The first-order valence-electron chi connectivity index (χ1n) is 9.34. The molecule has 0 aliphatic rings. The number of carbonyl (C=O) groups excluding carboxylic acids is 1. The zero-order valence-electron chi connectivity index (χ0n) is 16.9. The van der Waals surface area contributed by atoms with Crippen LogP contribution in [0.15, 0.2) is 73.0 Å². The van der Waals surface area contributed by atoms with Crippen LogP contribution in [-0.4, -0.2) is 28.2 Å². The minimum atomic E-state index is -4.93. The second-order valence-corrected chi connectivity index (χ2v) is 6.74. The zero-order chi connectivity index (χ0) is 23.2. The number of carbonyl (C=O) groups is 1. The monoisotopic (exact) mass is 434 g/mol. The molecule has 31 heavy (non-hydrogen) atoms. The lowest BCUT2D eigenvalue weighted by molar-refractivity contribution is -0.206. The summed E-state index contributed by atoms with van der Waals surface area (Å²) in [5, 5.41) is 12.4. The summed E-state index contributed by atoms with van der Waals surface area (Å²) in [6.07, 6.45) is 0.0433. The first kappa shape index (κ1) is 24.0. The van der Waals surface area contributed by atoms with Gasteiger partial charge in [-0.15, -0.1) is 0 Å². The minimum Gasteiger partial charge on any atom is -0.379 e. The highest BCUT2D eigenvalue weighted by Gasteiger charge is 2.39. The van der Waals surface area contributed by atoms with Crippen LogP contribution in [0.1, 0.15) is 35.9 Å². The Bertz CT molecular complexity index is 996. The highest BCUT2D eigenvalue weighted by Crippen LogP contribution is 2.34. The van der Waals surface area contributed by atoms with Gasteiger partial charge in [0.15, 0.2) is 6.10 Å². The molecule has 0 aliphatic heterocycles. The lowest BCUT2D eigenvalue weighted by atomic mass is 9.98. The van der Waals surface area contributed by atoms with Crippen LogP contribution in [0.3, 0.4) is 0 Å². The fraction of sp³-hybridized carbons (Fsp3) is 0.217. The number of halogens is 4. The second-order valence-electron chi connectivity index (χ2n) is 6.74. The summed E-state index contributed by atoms with van der Waals surface area (Å²) in [7, 11) is 0. The number of nitrogens with one attached hydrogen (secondary N) is 1. The number of allylic oxidation sites excluding steroid dienone is 3. The third kappa shape index (κ3) is 6.36. The van der Waals surface area contributed by atoms with Crippen molar-refractivity contribution in [1.29, 1.82) is 0 Å². The molecule has 0 bridgehead atoms. The largest absolute Gasteiger partial charge is 0.418 e. The van der Waals surface area contributed by atoms with Crippen LogP contribution < -0.4 is 5.32 Å². The zero-order valence-corrected chi connectivity index (χ0v) is 16.9. The van der Waals surface area contributed by atoms with E-state index in [1.807, 2.05) is 6.92 Å². The van der Waals surface area contributed by atoms with Crippen LogP contribution in [0.5, 0.6) is 0 Å². The van der Waals surface area contributed by atoms with Crippen molar-refractivity contribution < 1.29 is 27.5 Å². The highest BCUT2D eigenvalue weighted by atomic mass is 19.4. The second kappa shape index (κ2) is 10.2. The van der Waals surface area contributed by atoms with Crippen molar-refractivity contribution in [1.82, 2.24) is 10.3 Å². The van der Waals surface area contributed by atoms with Gasteiger partial charge in [-0.1, -0.05) is 30.9 Å². The molecule has 1 aromatic carbocycles. The average Bonchev–Trinajstić information content (AvgIpc) is 2.73. The fourth-order valence-corrected chi connectivity index (χ4v) is 2.78. The van der Waals surface area contributed by atoms with E-state index >= 15 is 0 Å². The predicted molar refractivity (Wildman–Crippen MR) is 111 cm³/mol. The molecular weight excluding hydrogens is 412 g/mol. The number of pyridine rings is 1. The van der Waals surface area contributed by atoms with Gasteiger partial charge in [-0.25, -0.2) is 4.39 Å². The van der Waals surface area contributed by atoms with Crippen LogP contribution in [0, 0.1) is 5.82 Å². The van der Waals surface area contributed by atoms with Crippen molar-refractivity contribution in [3.63, 3.8) is 0 Å². The van der Waals surface area contributed by atoms with Gasteiger partial charge in [0.1, 0.15) is 5.82 Å². The Morgan fingerprint density at radius 3 is 2.52 bits per heavy atom. The van der Waals surface area contributed by atoms with Crippen LogP contribution in [0.2, 0.25) is 0 Å². The molecule has 0 radical (unpaired) electrons. The smallest absolute Gasteiger partial charge is 0.379 e. The van der Waals surface area contributed by atoms with Gasteiger partial charge in [-0.3, -0.25) is 9.78 Å². The van der Waals surface area contributed by atoms with Crippen LogP contribution in [0.4, 0.5) is 17.6 Å². The molecule has 2 unspecified atom stereocenters. The van der Waals surface area contributed by atoms with E-state index in [1.54, 1.807) is 31.2 Å². The summed E-state index contributed by atoms with van der Waals surface area (Å²) in [6, 6.07) is 5.26. The van der Waals surface area contributed by atoms with E-state index in [0.717, 1.165) is 24.4 Å². The Morgan fingerprint density at radius 1 is 1.26 bits per heavy atom. The molecule has 164 valence electrons. The maximum atomic E-state index is 13.2. The summed E-state index contributed by atoms with van der Waals surface area (Å²) in [4.78, 5) is 16.6. The number of aliphatic hydroxyl groups excluding tert-OH is 1. The van der Waals surface area contributed by atoms with E-state index in [4.69, 9.17) is 0 Å². The van der Waals surface area contributed by atoms with Crippen molar-refractivity contribution >= 4 is 5.91 Å². The molecule has 1 heterocycles. The number of aromatic nitrogens is 1. The Kier molecular flexibility index (Phi) is 7.88. The molecule has 0 fully saturated rings. The topological polar surface area (TPSA) is 62.2 Å². The van der Waals surface area contributed by atoms with E-state index in [9.17, 15) is 27.5 Å². The van der Waals surface area contributed by atoms with Crippen LogP contribution in [-0.2, 0) is 0 Å². The number of aliphatic hydroxyl groups is 1. The van der Waals surface area contributed by atoms with Gasteiger partial charge < -0.3 is 10.4 Å². The Labute approximate surface area is 177 Å². The normalized spacial score (nSPS) is 14.4. The maximum Gasteiger partial charge on any atom is 0.418 e. The Balaban J connectivity index is 2.47. The Morgan fingerprint density at radius 2 is 1.97 bits per heavy atom. The third-order valence-electron chi connectivity index (χ3n) is 4.43. The summed E-state index contributed by atoms with van der Waals surface area (Å²) in [5.41, 5.74) is 0.343. The predicted octanol–water partition coefficient (Wildman–Crippen LogP) is 5.29. The maximum absolute atomic E-state index is 13.2. The van der Waals surface area contributed by atoms with Crippen molar-refractivity contribution in [3.05, 3.63) is 89.9 Å². The van der Waals surface area contributed by atoms with E-state index in [-0.39, 0.29) is 16.8 Å². The number of amides is 1. The number of alkyl halides is 3. The molecular formula is C23H22F4N2O2. The van der Waals surface area contributed by atoms with Gasteiger partial charge in [0.25, 0.3) is 5.91 Å². The van der Waals surface area contributed by atoms with Gasteiger partial charge in [0.2, 0.25) is 0 Å². The van der Waals surface area contributed by atoms with Crippen LogP contribution >= 0.6 is 0 Å². The lowest BCUT2D eigenvalue weighted by Gasteiger charge is -2.19. The third-order valence-corrected chi connectivity index (χ3v) is 4.43. The summed E-state index contributed by atoms with van der Waals surface area (Å²) >= 11 is 0. The molecule has 2 aromatic rings. The molecule has 2 atom stereocenters. The SMILES string of the molecule is C=C/C(=C\C=C/C)C(C)NC(=O)c1cc(-c2ccc(F)cn2)cc(C(O)C(F)(F)F)c1. The van der Waals surface area contributed by atoms with Crippen molar-refractivity contribution in [2.24, 2.45) is 0 Å². The molecule has 0 aliphatic carbocycles. The molecule has 0 saturated heterocycles. The van der Waals surface area contributed by atoms with Gasteiger partial charge in [0, 0.05) is 11.1 Å². The molecule has 0 spiro atoms. The van der Waals surface area contributed by atoms with Gasteiger partial charge in [0.05, 0.1) is 17.9 Å². The summed E-state index contributed by atoms with van der Waals surface area (Å²) in [5.74, 6) is -1.27. The number of nitrogens with zero attached hydrogens (tertiary/aromatic N) is 1. The Hall–Kier alpha value is -3.26.